The molecule has 2 fully saturated rings. The molecule has 0 atom stereocenters. The number of piperidine rings is 2. The lowest BCUT2D eigenvalue weighted by atomic mass is 9.78. The normalized spacial score (nSPS) is 16.9. The Morgan fingerprint density at radius 3 is 1.56 bits per heavy atom. The van der Waals surface area contributed by atoms with Gasteiger partial charge in [-0.25, -0.2) is 31.1 Å². The molecule has 0 radical (unpaired) electrons. The summed E-state index contributed by atoms with van der Waals surface area (Å²) in [5.41, 5.74) is 14.9. The fourth-order valence-corrected chi connectivity index (χ4v) is 8.04. The van der Waals surface area contributed by atoms with Gasteiger partial charge in [-0.05, 0) is 87.3 Å². The van der Waals surface area contributed by atoms with Crippen LogP contribution in [0.5, 0.6) is 0 Å². The molecular weight excluding hydrogens is 823 g/mol. The second-order valence-electron chi connectivity index (χ2n) is 15.5. The van der Waals surface area contributed by atoms with Gasteiger partial charge in [0.05, 0.1) is 0 Å². The van der Waals surface area contributed by atoms with E-state index in [4.69, 9.17) is 17.2 Å². The molecule has 0 unspecified atom stereocenters. The van der Waals surface area contributed by atoms with Crippen molar-refractivity contribution in [2.75, 3.05) is 36.8 Å². The number of carbonyl (C=O) groups is 5. The number of nitrogens with zero attached hydrogens (tertiary/aromatic N) is 1. The van der Waals surface area contributed by atoms with Crippen LogP contribution in [0.1, 0.15) is 91.1 Å². The van der Waals surface area contributed by atoms with Gasteiger partial charge in [0.1, 0.15) is 46.0 Å². The molecule has 10 N–H and O–H groups in total. The Balaban J connectivity index is 0.000000177. The summed E-state index contributed by atoms with van der Waals surface area (Å²) in [5.74, 6) is -7.38. The number of rotatable bonds is 5. The number of fused-ring (bicyclic) bond motifs is 2. The van der Waals surface area contributed by atoms with E-state index in [2.05, 4.69) is 21.3 Å². The van der Waals surface area contributed by atoms with Crippen LogP contribution in [0, 0.1) is 34.9 Å². The highest BCUT2D eigenvalue weighted by Crippen LogP contribution is 2.38. The number of hydrogen-bond donors (Lipinski definition) is 7. The molecule has 0 saturated carbocycles. The van der Waals surface area contributed by atoms with Gasteiger partial charge in [0.15, 0.2) is 11.6 Å². The fourth-order valence-electron chi connectivity index (χ4n) is 8.04. The van der Waals surface area contributed by atoms with Gasteiger partial charge < -0.3 is 43.4 Å². The number of hydrogen-bond acceptors (Lipinski definition) is 9. The fraction of sp³-hybridized carbons (Fsp3) is 0.326. The number of nitrogens with one attached hydrogen (secondary N) is 4. The highest BCUT2D eigenvalue weighted by atomic mass is 19.2. The van der Waals surface area contributed by atoms with Gasteiger partial charge in [-0.1, -0.05) is 12.1 Å². The number of halogens is 6. The Morgan fingerprint density at radius 1 is 0.645 bits per heavy atom. The molecule has 0 aliphatic carbocycles. The van der Waals surface area contributed by atoms with Crippen molar-refractivity contribution < 1.29 is 50.3 Å². The Kier molecular flexibility index (Phi) is 13.6. The largest absolute Gasteiger partial charge is 0.378 e. The molecule has 4 aliphatic heterocycles. The molecule has 2 spiro atoms. The Bertz CT molecular complexity index is 2420. The molecule has 62 heavy (non-hydrogen) atoms. The first-order valence-electron chi connectivity index (χ1n) is 19.6. The molecule has 4 aromatic carbocycles. The maximum atomic E-state index is 14.3. The van der Waals surface area contributed by atoms with Crippen molar-refractivity contribution in [3.8, 4) is 0 Å². The number of benzene rings is 4. The Morgan fingerprint density at radius 2 is 1.10 bits per heavy atom. The first-order valence-corrected chi connectivity index (χ1v) is 19.6. The lowest BCUT2D eigenvalue weighted by molar-refractivity contribution is 0.0911. The van der Waals surface area contributed by atoms with Crippen molar-refractivity contribution in [2.24, 2.45) is 17.2 Å². The predicted octanol–water partition coefficient (Wildman–Crippen LogP) is 5.41. The van der Waals surface area contributed by atoms with Gasteiger partial charge in [0, 0.05) is 83.7 Å². The molecule has 8 rings (SSSR count). The van der Waals surface area contributed by atoms with E-state index in [1.165, 1.54) is 35.2 Å². The molecule has 0 aromatic heterocycles. The van der Waals surface area contributed by atoms with Gasteiger partial charge in [-0.3, -0.25) is 19.2 Å². The summed E-state index contributed by atoms with van der Waals surface area (Å²) in [4.78, 5) is 60.5. The van der Waals surface area contributed by atoms with Crippen molar-refractivity contribution in [3.05, 3.63) is 129 Å². The van der Waals surface area contributed by atoms with Gasteiger partial charge in [-0.2, -0.15) is 0 Å². The van der Waals surface area contributed by atoms with Crippen molar-refractivity contribution in [1.29, 1.82) is 0 Å². The number of anilines is 2. The molecule has 4 aromatic rings. The number of Topliss-reactive ketones (excluding diaryl/α,β-unsaturated/α-hetero) is 2. The third-order valence-electron chi connectivity index (χ3n) is 11.4. The standard InChI is InChI=1S/C22H21F3N4O3.C13H15FN2O.C8H8F2N2O/c23-13-2-4-16-14(9-13)17(30)10-22(28-16)5-7-29(8-6-22)21(32)27-11-12-1-3-15(24)18(19(12)25)20(26)31;14-9-1-2-11-10(7-9)12(17)8-13(16-11)3-5-15-6-4-13;9-5-2-1-4(3-11)7(10)6(5)8(12)13/h1-4,9,28H,5-8,10-11H2,(H2,26,31)(H,27,32);1-2,7,15-16H,3-6,8H2;1-2H,3,11H2,(H2,12,13). The first kappa shape index (κ1) is 45.1. The van der Waals surface area contributed by atoms with Crippen molar-refractivity contribution in [3.63, 3.8) is 0 Å². The second kappa shape index (κ2) is 18.7. The number of likely N-dealkylation sites (tertiary alicyclic amines) is 1. The van der Waals surface area contributed by atoms with E-state index in [-0.39, 0.29) is 53.6 Å². The van der Waals surface area contributed by atoms with E-state index in [0.717, 1.165) is 49.8 Å². The molecule has 328 valence electrons. The summed E-state index contributed by atoms with van der Waals surface area (Å²) in [6, 6.07) is 12.2. The smallest absolute Gasteiger partial charge is 0.317 e. The predicted molar refractivity (Wildman–Crippen MR) is 216 cm³/mol. The minimum atomic E-state index is -1.23. The van der Waals surface area contributed by atoms with E-state index in [1.54, 1.807) is 12.1 Å². The molecule has 4 heterocycles. The lowest BCUT2D eigenvalue weighted by Gasteiger charge is -2.45. The summed E-state index contributed by atoms with van der Waals surface area (Å²) < 4.78 is 80.5. The van der Waals surface area contributed by atoms with Crippen LogP contribution in [-0.4, -0.2) is 71.6 Å². The molecular formula is C43H44F6N8O5. The van der Waals surface area contributed by atoms with Crippen LogP contribution in [-0.2, 0) is 13.1 Å². The third kappa shape index (κ3) is 9.84. The van der Waals surface area contributed by atoms with E-state index in [1.807, 2.05) is 0 Å². The monoisotopic (exact) mass is 866 g/mol. The average Bonchev–Trinajstić information content (AvgIpc) is 3.22. The molecule has 4 aliphatic rings. The molecule has 2 saturated heterocycles. The zero-order chi connectivity index (χ0) is 44.9. The van der Waals surface area contributed by atoms with Crippen molar-refractivity contribution >= 4 is 40.8 Å². The van der Waals surface area contributed by atoms with Crippen LogP contribution in [0.15, 0.2) is 60.7 Å². The van der Waals surface area contributed by atoms with Crippen LogP contribution in [0.3, 0.4) is 0 Å². The minimum absolute atomic E-state index is 0.0557. The number of carbonyl (C=O) groups excluding carboxylic acids is 5. The third-order valence-corrected chi connectivity index (χ3v) is 11.4. The maximum Gasteiger partial charge on any atom is 0.317 e. The zero-order valence-electron chi connectivity index (χ0n) is 33.2. The summed E-state index contributed by atoms with van der Waals surface area (Å²) in [6.45, 7) is 2.20. The Hall–Kier alpha value is -6.47. The van der Waals surface area contributed by atoms with E-state index >= 15 is 0 Å². The molecule has 4 amide bonds. The summed E-state index contributed by atoms with van der Waals surface area (Å²) in [5, 5.41) is 12.6. The van der Waals surface area contributed by atoms with Crippen LogP contribution < -0.4 is 38.5 Å². The van der Waals surface area contributed by atoms with Crippen LogP contribution in [0.25, 0.3) is 0 Å². The van der Waals surface area contributed by atoms with Gasteiger partial charge in [0.2, 0.25) is 0 Å². The highest BCUT2D eigenvalue weighted by molar-refractivity contribution is 6.05. The van der Waals surface area contributed by atoms with Crippen molar-refractivity contribution in [1.82, 2.24) is 15.5 Å². The molecule has 0 bridgehead atoms. The van der Waals surface area contributed by atoms with Gasteiger partial charge in [-0.15, -0.1) is 0 Å². The SMILES string of the molecule is NC(=O)c1c(F)ccc(CNC(=O)N2CCC3(CC2)CC(=O)c2cc(F)ccc2N3)c1F.NCc1ccc(F)c(C(N)=O)c1F.O=C1CC2(CCNCC2)Nc2ccc(F)cc21. The number of nitrogens with two attached hydrogens (primary N) is 3. The minimum Gasteiger partial charge on any atom is -0.378 e. The van der Waals surface area contributed by atoms with E-state index < -0.39 is 63.6 Å². The quantitative estimate of drug-likeness (QED) is 0.128. The summed E-state index contributed by atoms with van der Waals surface area (Å²) in [7, 11) is 0. The molecule has 19 heteroatoms. The van der Waals surface area contributed by atoms with Gasteiger partial charge in [0.25, 0.3) is 11.8 Å². The van der Waals surface area contributed by atoms with Crippen LogP contribution >= 0.6 is 0 Å². The number of primary amides is 2. The number of urea groups is 1. The van der Waals surface area contributed by atoms with Crippen LogP contribution in [0.2, 0.25) is 0 Å². The topological polar surface area (TPSA) is 215 Å². The lowest BCUT2D eigenvalue weighted by Crippen LogP contribution is -2.55. The van der Waals surface area contributed by atoms with E-state index in [0.29, 0.717) is 49.2 Å². The number of amides is 4. The van der Waals surface area contributed by atoms with Crippen LogP contribution in [0.4, 0.5) is 42.5 Å². The van der Waals surface area contributed by atoms with Crippen molar-refractivity contribution in [2.45, 2.75) is 62.7 Å². The zero-order valence-corrected chi connectivity index (χ0v) is 33.2. The summed E-state index contributed by atoms with van der Waals surface area (Å²) in [6.07, 6.45) is 3.56. The summed E-state index contributed by atoms with van der Waals surface area (Å²) >= 11 is 0. The maximum absolute atomic E-state index is 14.3. The number of ketones is 2. The van der Waals surface area contributed by atoms with Gasteiger partial charge >= 0.3 is 6.03 Å². The Labute approximate surface area is 351 Å². The highest BCUT2D eigenvalue weighted by Gasteiger charge is 2.42. The molecule has 13 nitrogen and oxygen atoms in total. The first-order chi connectivity index (χ1) is 29.4. The second-order valence-corrected chi connectivity index (χ2v) is 15.5. The van der Waals surface area contributed by atoms with E-state index in [9.17, 15) is 50.3 Å². The average molecular weight is 867 g/mol.